The Balaban J connectivity index is 2.35. The van der Waals surface area contributed by atoms with Crippen LogP contribution < -0.4 is 21.7 Å². The third-order valence-electron chi connectivity index (χ3n) is 7.26. The predicted octanol–water partition coefficient (Wildman–Crippen LogP) is 2.14. The number of carbonyl (C=O) groups excluding carboxylic acids is 3. The Labute approximate surface area is 235 Å². The van der Waals surface area contributed by atoms with E-state index < -0.39 is 47.9 Å². The summed E-state index contributed by atoms with van der Waals surface area (Å²) in [4.78, 5) is 51.8. The van der Waals surface area contributed by atoms with Crippen molar-refractivity contribution in [1.82, 2.24) is 16.0 Å². The van der Waals surface area contributed by atoms with Crippen molar-refractivity contribution in [2.45, 2.75) is 77.5 Å². The van der Waals surface area contributed by atoms with E-state index in [-0.39, 0.29) is 30.4 Å². The Morgan fingerprint density at radius 3 is 1.70 bits per heavy atom. The molecule has 0 saturated carbocycles. The largest absolute Gasteiger partial charge is 0.508 e. The van der Waals surface area contributed by atoms with E-state index in [0.717, 1.165) is 5.56 Å². The van der Waals surface area contributed by atoms with E-state index in [1.54, 1.807) is 43.3 Å². The van der Waals surface area contributed by atoms with E-state index >= 15 is 0 Å². The molecule has 0 saturated heterocycles. The minimum Gasteiger partial charge on any atom is -0.508 e. The number of hydrogen-bond acceptors (Lipinski definition) is 6. The number of nitrogens with one attached hydrogen (secondary N) is 3. The summed E-state index contributed by atoms with van der Waals surface area (Å²) in [5.41, 5.74) is 7.54. The zero-order valence-electron chi connectivity index (χ0n) is 23.6. The molecule has 0 aliphatic rings. The van der Waals surface area contributed by atoms with Crippen LogP contribution in [-0.2, 0) is 32.0 Å². The van der Waals surface area contributed by atoms with E-state index in [9.17, 15) is 29.4 Å². The monoisotopic (exact) mass is 554 g/mol. The van der Waals surface area contributed by atoms with Crippen LogP contribution in [0.1, 0.15) is 51.7 Å². The number of carbonyl (C=O) groups is 4. The van der Waals surface area contributed by atoms with Gasteiger partial charge in [-0.25, -0.2) is 4.79 Å². The average molecular weight is 555 g/mol. The number of hydrogen-bond donors (Lipinski definition) is 6. The Morgan fingerprint density at radius 2 is 1.20 bits per heavy atom. The molecular weight excluding hydrogens is 512 g/mol. The maximum atomic E-state index is 13.6. The maximum Gasteiger partial charge on any atom is 0.326 e. The normalized spacial score (nSPS) is 15.5. The quantitative estimate of drug-likeness (QED) is 0.196. The number of carboxylic acids is 1. The summed E-state index contributed by atoms with van der Waals surface area (Å²) in [5.74, 6) is -3.33. The highest BCUT2D eigenvalue weighted by molar-refractivity contribution is 5.94. The zero-order valence-corrected chi connectivity index (χ0v) is 23.6. The Morgan fingerprint density at radius 1 is 0.725 bits per heavy atom. The van der Waals surface area contributed by atoms with E-state index in [1.165, 1.54) is 12.1 Å². The molecule has 10 nitrogen and oxygen atoms in total. The van der Waals surface area contributed by atoms with Gasteiger partial charge in [-0.1, -0.05) is 83.0 Å². The van der Waals surface area contributed by atoms with Crippen molar-refractivity contribution in [2.24, 2.45) is 17.6 Å². The summed E-state index contributed by atoms with van der Waals surface area (Å²) >= 11 is 0. The van der Waals surface area contributed by atoms with Gasteiger partial charge >= 0.3 is 5.97 Å². The highest BCUT2D eigenvalue weighted by Gasteiger charge is 2.32. The number of rotatable bonds is 15. The Bertz CT molecular complexity index is 1120. The van der Waals surface area contributed by atoms with Crippen LogP contribution in [0.25, 0.3) is 0 Å². The number of nitrogens with two attached hydrogens (primary N) is 1. The molecule has 40 heavy (non-hydrogen) atoms. The molecule has 0 bridgehead atoms. The van der Waals surface area contributed by atoms with Gasteiger partial charge < -0.3 is 31.9 Å². The first-order chi connectivity index (χ1) is 19.0. The minimum atomic E-state index is -1.16. The molecule has 0 aromatic heterocycles. The number of phenolic OH excluding ortho intramolecular Hbond substituents is 1. The highest BCUT2D eigenvalue weighted by Crippen LogP contribution is 2.14. The van der Waals surface area contributed by atoms with Gasteiger partial charge in [0.1, 0.15) is 23.9 Å². The SMILES string of the molecule is CCC(C)C(N)C(=O)NC(Cc1ccc(O)cc1)C(=O)NC(Cc1ccccc1)C(=O)NC(C(=O)O)C(C)CC. The van der Waals surface area contributed by atoms with Crippen molar-refractivity contribution in [3.63, 3.8) is 0 Å². The van der Waals surface area contributed by atoms with Crippen molar-refractivity contribution >= 4 is 23.7 Å². The first kappa shape index (κ1) is 32.3. The summed E-state index contributed by atoms with van der Waals surface area (Å²) in [5, 5.41) is 27.4. The molecule has 0 heterocycles. The summed E-state index contributed by atoms with van der Waals surface area (Å²) in [6.07, 6.45) is 1.39. The fraction of sp³-hybridized carbons (Fsp3) is 0.467. The fourth-order valence-corrected chi connectivity index (χ4v) is 4.13. The molecule has 0 aliphatic heterocycles. The van der Waals surface area contributed by atoms with Gasteiger partial charge in [-0.3, -0.25) is 14.4 Å². The Kier molecular flexibility index (Phi) is 12.6. The van der Waals surface area contributed by atoms with Gasteiger partial charge in [0.15, 0.2) is 0 Å². The van der Waals surface area contributed by atoms with Gasteiger partial charge in [0.25, 0.3) is 0 Å². The van der Waals surface area contributed by atoms with Crippen molar-refractivity contribution in [1.29, 1.82) is 0 Å². The van der Waals surface area contributed by atoms with Gasteiger partial charge in [0, 0.05) is 12.8 Å². The minimum absolute atomic E-state index is 0.0569. The third kappa shape index (κ3) is 9.68. The molecule has 7 N–H and O–H groups in total. The topological polar surface area (TPSA) is 171 Å². The van der Waals surface area contributed by atoms with Crippen LogP contribution in [0, 0.1) is 11.8 Å². The maximum absolute atomic E-state index is 13.6. The van der Waals surface area contributed by atoms with Crippen molar-refractivity contribution in [3.8, 4) is 5.75 Å². The van der Waals surface area contributed by atoms with Gasteiger partial charge in [-0.2, -0.15) is 0 Å². The molecular formula is C30H42N4O6. The first-order valence-electron chi connectivity index (χ1n) is 13.7. The molecule has 0 fully saturated rings. The molecule has 10 heteroatoms. The third-order valence-corrected chi connectivity index (χ3v) is 7.26. The van der Waals surface area contributed by atoms with Gasteiger partial charge in [-0.05, 0) is 35.1 Å². The van der Waals surface area contributed by atoms with Crippen LogP contribution in [0.3, 0.4) is 0 Å². The molecule has 2 aromatic carbocycles. The van der Waals surface area contributed by atoms with Gasteiger partial charge in [-0.15, -0.1) is 0 Å². The number of aliphatic carboxylic acids is 1. The lowest BCUT2D eigenvalue weighted by Gasteiger charge is -2.27. The molecule has 6 unspecified atom stereocenters. The number of benzene rings is 2. The summed E-state index contributed by atoms with van der Waals surface area (Å²) in [7, 11) is 0. The second kappa shape index (κ2) is 15.6. The lowest BCUT2D eigenvalue weighted by Crippen LogP contribution is -2.59. The fourth-order valence-electron chi connectivity index (χ4n) is 4.13. The van der Waals surface area contributed by atoms with E-state index in [0.29, 0.717) is 18.4 Å². The van der Waals surface area contributed by atoms with Crippen molar-refractivity contribution < 1.29 is 29.4 Å². The lowest BCUT2D eigenvalue weighted by atomic mass is 9.97. The first-order valence-corrected chi connectivity index (χ1v) is 13.7. The summed E-state index contributed by atoms with van der Waals surface area (Å²) in [6, 6.07) is 11.1. The molecule has 0 radical (unpaired) electrons. The molecule has 6 atom stereocenters. The second-order valence-corrected chi connectivity index (χ2v) is 10.3. The van der Waals surface area contributed by atoms with Crippen LogP contribution in [0.5, 0.6) is 5.75 Å². The van der Waals surface area contributed by atoms with Gasteiger partial charge in [0.2, 0.25) is 17.7 Å². The number of amides is 3. The highest BCUT2D eigenvalue weighted by atomic mass is 16.4. The molecule has 2 aromatic rings. The molecule has 2 rings (SSSR count). The van der Waals surface area contributed by atoms with E-state index in [2.05, 4.69) is 16.0 Å². The number of carboxylic acid groups (broad SMARTS) is 1. The van der Waals surface area contributed by atoms with E-state index in [1.807, 2.05) is 26.8 Å². The zero-order chi connectivity index (χ0) is 29.8. The van der Waals surface area contributed by atoms with Crippen LogP contribution >= 0.6 is 0 Å². The van der Waals surface area contributed by atoms with Crippen LogP contribution in [0.2, 0.25) is 0 Å². The summed E-state index contributed by atoms with van der Waals surface area (Å²) < 4.78 is 0. The van der Waals surface area contributed by atoms with Crippen molar-refractivity contribution in [3.05, 3.63) is 65.7 Å². The number of phenols is 1. The Hall–Kier alpha value is -3.92. The molecule has 218 valence electrons. The van der Waals surface area contributed by atoms with Crippen LogP contribution in [0.4, 0.5) is 0 Å². The molecule has 0 spiro atoms. The predicted molar refractivity (Wildman–Crippen MR) is 152 cm³/mol. The van der Waals surface area contributed by atoms with Crippen LogP contribution in [0.15, 0.2) is 54.6 Å². The van der Waals surface area contributed by atoms with Crippen molar-refractivity contribution in [2.75, 3.05) is 0 Å². The lowest BCUT2D eigenvalue weighted by molar-refractivity contribution is -0.143. The van der Waals surface area contributed by atoms with Gasteiger partial charge in [0.05, 0.1) is 6.04 Å². The summed E-state index contributed by atoms with van der Waals surface area (Å²) in [6.45, 7) is 7.31. The average Bonchev–Trinajstić information content (AvgIpc) is 2.95. The smallest absolute Gasteiger partial charge is 0.326 e. The second-order valence-electron chi connectivity index (χ2n) is 10.3. The standard InChI is InChI=1S/C30H42N4O6/c1-5-18(3)25(31)29(38)33-23(17-21-12-14-22(35)15-13-21)27(36)32-24(16-20-10-8-7-9-11-20)28(37)34-26(30(39)40)19(4)6-2/h7-15,18-19,23-26,35H,5-6,16-17,31H2,1-4H3,(H,32,36)(H,33,38)(H,34,37)(H,39,40). The number of aromatic hydroxyl groups is 1. The molecule has 3 amide bonds. The van der Waals surface area contributed by atoms with E-state index in [4.69, 9.17) is 5.73 Å². The van der Waals surface area contributed by atoms with Crippen LogP contribution in [-0.4, -0.2) is 58.1 Å². The molecule has 0 aliphatic carbocycles.